The van der Waals surface area contributed by atoms with Crippen molar-refractivity contribution < 1.29 is 4.79 Å². The van der Waals surface area contributed by atoms with Crippen molar-refractivity contribution in [2.75, 3.05) is 57.8 Å². The number of benzene rings is 1. The van der Waals surface area contributed by atoms with Crippen LogP contribution in [0.15, 0.2) is 30.3 Å². The molecule has 5 nitrogen and oxygen atoms in total. The van der Waals surface area contributed by atoms with Gasteiger partial charge in [0.1, 0.15) is 0 Å². The van der Waals surface area contributed by atoms with Gasteiger partial charge in [0.25, 0.3) is 0 Å². The first kappa shape index (κ1) is 18.7. The van der Waals surface area contributed by atoms with Crippen LogP contribution in [0.25, 0.3) is 0 Å². The van der Waals surface area contributed by atoms with Crippen LogP contribution in [0, 0.1) is 5.92 Å². The fourth-order valence-electron chi connectivity index (χ4n) is 3.11. The Hall–Kier alpha value is -1.59. The van der Waals surface area contributed by atoms with Gasteiger partial charge in [-0.1, -0.05) is 25.1 Å². The van der Waals surface area contributed by atoms with E-state index in [1.165, 1.54) is 5.69 Å². The highest BCUT2D eigenvalue weighted by Crippen LogP contribution is 2.15. The Labute approximate surface area is 146 Å². The van der Waals surface area contributed by atoms with Gasteiger partial charge >= 0.3 is 0 Å². The molecule has 2 rings (SSSR count). The summed E-state index contributed by atoms with van der Waals surface area (Å²) in [5.41, 5.74) is 1.33. The summed E-state index contributed by atoms with van der Waals surface area (Å²) in [4.78, 5) is 16.8. The Bertz CT molecular complexity index is 472. The first-order chi connectivity index (χ1) is 11.7. The fraction of sp³-hybridized carbons (Fsp3) is 0.632. The second kappa shape index (κ2) is 10.3. The van der Waals surface area contributed by atoms with Gasteiger partial charge in [0.15, 0.2) is 0 Å². The molecule has 1 unspecified atom stereocenters. The number of nitrogens with zero attached hydrogens (tertiary/aromatic N) is 2. The Morgan fingerprint density at radius 1 is 1.12 bits per heavy atom. The molecule has 1 saturated heterocycles. The van der Waals surface area contributed by atoms with Crippen molar-refractivity contribution >= 4 is 11.6 Å². The van der Waals surface area contributed by atoms with Gasteiger partial charge in [-0.3, -0.25) is 9.69 Å². The molecule has 24 heavy (non-hydrogen) atoms. The van der Waals surface area contributed by atoms with Crippen molar-refractivity contribution in [2.24, 2.45) is 5.92 Å². The zero-order valence-corrected chi connectivity index (χ0v) is 15.1. The van der Waals surface area contributed by atoms with Crippen LogP contribution in [-0.4, -0.2) is 63.7 Å². The van der Waals surface area contributed by atoms with E-state index in [-0.39, 0.29) is 11.8 Å². The lowest BCUT2D eigenvalue weighted by Crippen LogP contribution is -2.46. The molecule has 2 N–H and O–H groups in total. The zero-order chi connectivity index (χ0) is 17.2. The van der Waals surface area contributed by atoms with Crippen LogP contribution in [0.5, 0.6) is 0 Å². The number of amides is 1. The summed E-state index contributed by atoms with van der Waals surface area (Å²) in [7, 11) is 1.88. The van der Waals surface area contributed by atoms with Crippen LogP contribution in [0.2, 0.25) is 0 Å². The summed E-state index contributed by atoms with van der Waals surface area (Å²) in [6, 6.07) is 10.7. The molecule has 0 spiro atoms. The lowest BCUT2D eigenvalue weighted by molar-refractivity contribution is -0.124. The van der Waals surface area contributed by atoms with Gasteiger partial charge in [-0.05, 0) is 38.6 Å². The molecule has 0 bridgehead atoms. The number of anilines is 1. The molecule has 1 heterocycles. The molecule has 1 amide bonds. The number of nitrogens with one attached hydrogen (secondary N) is 2. The van der Waals surface area contributed by atoms with Gasteiger partial charge in [-0.15, -0.1) is 0 Å². The summed E-state index contributed by atoms with van der Waals surface area (Å²) in [6.45, 7) is 9.06. The van der Waals surface area contributed by atoms with Crippen molar-refractivity contribution in [3.63, 3.8) is 0 Å². The maximum atomic E-state index is 11.8. The molecule has 1 aromatic rings. The Morgan fingerprint density at radius 3 is 2.50 bits per heavy atom. The zero-order valence-electron chi connectivity index (χ0n) is 15.1. The average molecular weight is 332 g/mol. The van der Waals surface area contributed by atoms with Gasteiger partial charge in [0, 0.05) is 50.9 Å². The highest BCUT2D eigenvalue weighted by molar-refractivity contribution is 5.78. The van der Waals surface area contributed by atoms with E-state index >= 15 is 0 Å². The van der Waals surface area contributed by atoms with Crippen molar-refractivity contribution in [2.45, 2.75) is 19.8 Å². The second-order valence-corrected chi connectivity index (χ2v) is 6.62. The van der Waals surface area contributed by atoms with E-state index in [2.05, 4.69) is 50.8 Å². The van der Waals surface area contributed by atoms with E-state index in [1.807, 2.05) is 14.0 Å². The smallest absolute Gasteiger partial charge is 0.224 e. The third-order valence-electron chi connectivity index (χ3n) is 4.65. The lowest BCUT2D eigenvalue weighted by atomic mass is 10.1. The number of para-hydroxylation sites is 1. The quantitative estimate of drug-likeness (QED) is 0.674. The van der Waals surface area contributed by atoms with E-state index in [0.29, 0.717) is 0 Å². The number of carbonyl (C=O) groups is 1. The number of rotatable bonds is 9. The van der Waals surface area contributed by atoms with Crippen LogP contribution in [0.4, 0.5) is 5.69 Å². The van der Waals surface area contributed by atoms with Gasteiger partial charge in [-0.2, -0.15) is 0 Å². The van der Waals surface area contributed by atoms with Crippen molar-refractivity contribution in [3.05, 3.63) is 30.3 Å². The molecule has 0 aliphatic carbocycles. The van der Waals surface area contributed by atoms with Crippen LogP contribution < -0.4 is 15.5 Å². The molecule has 1 aliphatic rings. The summed E-state index contributed by atoms with van der Waals surface area (Å²) in [6.07, 6.45) is 2.20. The van der Waals surface area contributed by atoms with E-state index in [1.54, 1.807) is 0 Å². The first-order valence-corrected chi connectivity index (χ1v) is 9.15. The van der Waals surface area contributed by atoms with Crippen molar-refractivity contribution in [3.8, 4) is 0 Å². The molecular weight excluding hydrogens is 300 g/mol. The van der Waals surface area contributed by atoms with Gasteiger partial charge in [-0.25, -0.2) is 0 Å². The molecule has 134 valence electrons. The minimum atomic E-state index is 0.0427. The maximum absolute atomic E-state index is 11.8. The molecule has 5 heteroatoms. The summed E-state index contributed by atoms with van der Waals surface area (Å²) in [5, 5.41) is 6.06. The topological polar surface area (TPSA) is 47.6 Å². The largest absolute Gasteiger partial charge is 0.369 e. The van der Waals surface area contributed by atoms with Gasteiger partial charge < -0.3 is 15.5 Å². The third kappa shape index (κ3) is 6.13. The Morgan fingerprint density at radius 2 is 1.83 bits per heavy atom. The third-order valence-corrected chi connectivity index (χ3v) is 4.65. The standard InChI is InChI=1S/C19H32N4O/c1-17(16-20-2)19(24)21-10-6-7-11-22-12-14-23(15-13-22)18-8-4-3-5-9-18/h3-5,8-9,17,20H,6-7,10-16H2,1-2H3,(H,21,24). The van der Waals surface area contributed by atoms with Crippen LogP contribution in [0.1, 0.15) is 19.8 Å². The molecule has 0 saturated carbocycles. The van der Waals surface area contributed by atoms with Crippen molar-refractivity contribution in [1.29, 1.82) is 0 Å². The highest BCUT2D eigenvalue weighted by atomic mass is 16.1. The van der Waals surface area contributed by atoms with Crippen molar-refractivity contribution in [1.82, 2.24) is 15.5 Å². The fourth-order valence-corrected chi connectivity index (χ4v) is 3.11. The number of hydrogen-bond donors (Lipinski definition) is 2. The van der Waals surface area contributed by atoms with E-state index < -0.39 is 0 Å². The van der Waals surface area contributed by atoms with E-state index in [0.717, 1.165) is 58.7 Å². The first-order valence-electron chi connectivity index (χ1n) is 9.15. The average Bonchev–Trinajstić information content (AvgIpc) is 2.62. The Balaban J connectivity index is 1.54. The second-order valence-electron chi connectivity index (χ2n) is 6.62. The predicted molar refractivity (Wildman–Crippen MR) is 100 cm³/mol. The minimum absolute atomic E-state index is 0.0427. The number of piperazine rings is 1. The van der Waals surface area contributed by atoms with Crippen LogP contribution >= 0.6 is 0 Å². The SMILES string of the molecule is CNCC(C)C(=O)NCCCCN1CCN(c2ccccc2)CC1. The summed E-state index contributed by atoms with van der Waals surface area (Å²) >= 11 is 0. The molecule has 0 radical (unpaired) electrons. The number of hydrogen-bond acceptors (Lipinski definition) is 4. The molecule has 1 aliphatic heterocycles. The normalized spacial score (nSPS) is 16.8. The predicted octanol–water partition coefficient (Wildman–Crippen LogP) is 1.56. The lowest BCUT2D eigenvalue weighted by Gasteiger charge is -2.36. The van der Waals surface area contributed by atoms with E-state index in [4.69, 9.17) is 0 Å². The van der Waals surface area contributed by atoms with Crippen LogP contribution in [0.3, 0.4) is 0 Å². The number of unbranched alkanes of at least 4 members (excludes halogenated alkanes) is 1. The molecule has 0 aromatic heterocycles. The van der Waals surface area contributed by atoms with Gasteiger partial charge in [0.2, 0.25) is 5.91 Å². The van der Waals surface area contributed by atoms with E-state index in [9.17, 15) is 4.79 Å². The summed E-state index contributed by atoms with van der Waals surface area (Å²) in [5.74, 6) is 0.196. The Kier molecular flexibility index (Phi) is 8.05. The summed E-state index contributed by atoms with van der Waals surface area (Å²) < 4.78 is 0. The molecule has 1 aromatic carbocycles. The minimum Gasteiger partial charge on any atom is -0.369 e. The van der Waals surface area contributed by atoms with Gasteiger partial charge in [0.05, 0.1) is 0 Å². The molecule has 1 atom stereocenters. The molecule has 1 fully saturated rings. The van der Waals surface area contributed by atoms with Crippen LogP contribution in [-0.2, 0) is 4.79 Å². The maximum Gasteiger partial charge on any atom is 0.224 e. The monoisotopic (exact) mass is 332 g/mol. The highest BCUT2D eigenvalue weighted by Gasteiger charge is 2.16. The number of carbonyl (C=O) groups excluding carboxylic acids is 1. The molecular formula is C19H32N4O.